The van der Waals surface area contributed by atoms with Gasteiger partial charge in [-0.25, -0.2) is 4.98 Å². The third-order valence-corrected chi connectivity index (χ3v) is 5.63. The first-order chi connectivity index (χ1) is 13.4. The highest BCUT2D eigenvalue weighted by atomic mass is 32.1. The Balaban J connectivity index is 1.59. The Bertz CT molecular complexity index is 1100. The molecule has 1 aromatic carbocycles. The molecule has 0 aliphatic carbocycles. The lowest BCUT2D eigenvalue weighted by Crippen LogP contribution is -2.44. The number of amides is 1. The topological polar surface area (TPSA) is 98.9 Å². The predicted molar refractivity (Wildman–Crippen MR) is 117 cm³/mol. The number of thiophene rings is 1. The molecule has 4 N–H and O–H groups in total. The van der Waals surface area contributed by atoms with E-state index in [9.17, 15) is 9.59 Å². The van der Waals surface area contributed by atoms with Crippen LogP contribution in [0.4, 0.5) is 5.69 Å². The van der Waals surface area contributed by atoms with Gasteiger partial charge in [0.1, 0.15) is 10.7 Å². The van der Waals surface area contributed by atoms with Gasteiger partial charge in [-0.2, -0.15) is 0 Å². The van der Waals surface area contributed by atoms with Crippen LogP contribution in [0.25, 0.3) is 10.2 Å². The first-order valence-electron chi connectivity index (χ1n) is 8.81. The van der Waals surface area contributed by atoms with Gasteiger partial charge in [-0.1, -0.05) is 19.1 Å². The number of hydrogen-bond acceptors (Lipinski definition) is 5. The molecule has 0 bridgehead atoms. The van der Waals surface area contributed by atoms with E-state index in [1.807, 2.05) is 38.1 Å². The Kier molecular flexibility index (Phi) is 6.05. The molecule has 0 unspecified atom stereocenters. The van der Waals surface area contributed by atoms with Crippen LogP contribution in [0.2, 0.25) is 0 Å². The fourth-order valence-corrected chi connectivity index (χ4v) is 3.95. The van der Waals surface area contributed by atoms with Gasteiger partial charge < -0.3 is 10.3 Å². The summed E-state index contributed by atoms with van der Waals surface area (Å²) in [6.45, 7) is 5.91. The lowest BCUT2D eigenvalue weighted by atomic mass is 10.1. The fourth-order valence-electron chi connectivity index (χ4n) is 2.74. The van der Waals surface area contributed by atoms with Crippen molar-refractivity contribution in [3.63, 3.8) is 0 Å². The molecule has 0 atom stereocenters. The van der Waals surface area contributed by atoms with Gasteiger partial charge in [0.25, 0.3) is 5.56 Å². The number of aromatic nitrogens is 2. The number of hydrogen-bond donors (Lipinski definition) is 4. The quantitative estimate of drug-likeness (QED) is 0.386. The van der Waals surface area contributed by atoms with Crippen LogP contribution >= 0.6 is 23.6 Å². The summed E-state index contributed by atoms with van der Waals surface area (Å²) >= 11 is 6.64. The number of benzene rings is 1. The molecule has 0 aliphatic rings. The number of rotatable bonds is 4. The van der Waals surface area contributed by atoms with Crippen molar-refractivity contribution in [2.24, 2.45) is 0 Å². The van der Waals surface area contributed by atoms with Crippen LogP contribution in [0.1, 0.15) is 28.8 Å². The Labute approximate surface area is 171 Å². The van der Waals surface area contributed by atoms with E-state index in [4.69, 9.17) is 12.2 Å². The van der Waals surface area contributed by atoms with E-state index in [0.29, 0.717) is 16.0 Å². The first kappa shape index (κ1) is 20.0. The largest absolute Gasteiger partial charge is 0.331 e. The normalized spacial score (nSPS) is 10.7. The van der Waals surface area contributed by atoms with E-state index < -0.39 is 0 Å². The number of hydrazine groups is 1. The minimum Gasteiger partial charge on any atom is -0.331 e. The summed E-state index contributed by atoms with van der Waals surface area (Å²) in [6, 6.07) is 7.85. The van der Waals surface area contributed by atoms with Crippen molar-refractivity contribution in [3.8, 4) is 0 Å². The summed E-state index contributed by atoms with van der Waals surface area (Å²) in [5.74, 6) is -0.0495. The Hall–Kier alpha value is -2.78. The summed E-state index contributed by atoms with van der Waals surface area (Å²) in [5, 5.41) is 3.87. The van der Waals surface area contributed by atoms with E-state index in [0.717, 1.165) is 22.5 Å². The van der Waals surface area contributed by atoms with Crippen molar-refractivity contribution in [3.05, 3.63) is 56.4 Å². The maximum absolute atomic E-state index is 12.3. The monoisotopic (exact) mass is 415 g/mol. The average Bonchev–Trinajstić information content (AvgIpc) is 2.94. The SMILES string of the molecule is CCc1cccc(NC(=S)NNC(=O)Cc2nc3sc(C)c(C)c3c(=O)[nH]2)c1. The molecule has 2 heterocycles. The van der Waals surface area contributed by atoms with Gasteiger partial charge in [-0.05, 0) is 55.7 Å². The molecule has 3 aromatic rings. The maximum Gasteiger partial charge on any atom is 0.259 e. The molecule has 0 fully saturated rings. The number of nitrogens with zero attached hydrogens (tertiary/aromatic N) is 1. The van der Waals surface area contributed by atoms with Gasteiger partial charge in [-0.15, -0.1) is 11.3 Å². The molecule has 2 aromatic heterocycles. The molecule has 28 heavy (non-hydrogen) atoms. The second-order valence-electron chi connectivity index (χ2n) is 6.33. The molecule has 0 radical (unpaired) electrons. The fraction of sp³-hybridized carbons (Fsp3) is 0.263. The smallest absolute Gasteiger partial charge is 0.259 e. The standard InChI is InChI=1S/C19H21N5O2S2/c1-4-12-6-5-7-13(8-12)20-19(27)24-23-15(25)9-14-21-17(26)16-10(2)11(3)28-18(16)22-14/h5-8H,4,9H2,1-3H3,(H,23,25)(H2,20,24,27)(H,21,22,26). The van der Waals surface area contributed by atoms with Gasteiger partial charge in [-0.3, -0.25) is 20.4 Å². The van der Waals surface area contributed by atoms with E-state index in [1.54, 1.807) is 0 Å². The van der Waals surface area contributed by atoms with Crippen LogP contribution in [0.3, 0.4) is 0 Å². The highest BCUT2D eigenvalue weighted by molar-refractivity contribution is 7.80. The molecule has 0 spiro atoms. The number of nitrogens with one attached hydrogen (secondary N) is 4. The zero-order chi connectivity index (χ0) is 20.3. The molecule has 0 aliphatic heterocycles. The Morgan fingerprint density at radius 2 is 2.07 bits per heavy atom. The lowest BCUT2D eigenvalue weighted by molar-refractivity contribution is -0.121. The summed E-state index contributed by atoms with van der Waals surface area (Å²) in [5.41, 5.74) is 7.89. The zero-order valence-corrected chi connectivity index (χ0v) is 17.4. The Morgan fingerprint density at radius 1 is 1.29 bits per heavy atom. The van der Waals surface area contributed by atoms with Gasteiger partial charge in [0.15, 0.2) is 5.11 Å². The van der Waals surface area contributed by atoms with E-state index in [2.05, 4.69) is 33.1 Å². The number of H-pyrrole nitrogens is 1. The Morgan fingerprint density at radius 3 is 2.82 bits per heavy atom. The van der Waals surface area contributed by atoms with Crippen LogP contribution in [-0.2, 0) is 17.6 Å². The van der Waals surface area contributed by atoms with Gasteiger partial charge in [0.2, 0.25) is 5.91 Å². The van der Waals surface area contributed by atoms with Crippen molar-refractivity contribution >= 4 is 50.5 Å². The number of aromatic amines is 1. The van der Waals surface area contributed by atoms with Crippen molar-refractivity contribution in [1.29, 1.82) is 0 Å². The summed E-state index contributed by atoms with van der Waals surface area (Å²) in [4.78, 5) is 33.2. The molecular formula is C19H21N5O2S2. The van der Waals surface area contributed by atoms with Crippen LogP contribution in [-0.4, -0.2) is 21.0 Å². The number of carbonyl (C=O) groups excluding carboxylic acids is 1. The van der Waals surface area contributed by atoms with Gasteiger partial charge >= 0.3 is 0 Å². The number of carbonyl (C=O) groups is 1. The van der Waals surface area contributed by atoms with Crippen LogP contribution in [0.5, 0.6) is 0 Å². The lowest BCUT2D eigenvalue weighted by Gasteiger charge is -2.12. The van der Waals surface area contributed by atoms with Crippen molar-refractivity contribution in [2.75, 3.05) is 5.32 Å². The number of aryl methyl sites for hydroxylation is 3. The second kappa shape index (κ2) is 8.49. The number of thiocarbonyl (C=S) groups is 1. The minimum atomic E-state index is -0.362. The molecular weight excluding hydrogens is 394 g/mol. The zero-order valence-electron chi connectivity index (χ0n) is 15.8. The van der Waals surface area contributed by atoms with Gasteiger partial charge in [0.05, 0.1) is 11.8 Å². The molecule has 0 saturated carbocycles. The third kappa shape index (κ3) is 4.55. The highest BCUT2D eigenvalue weighted by Gasteiger charge is 2.13. The molecule has 146 valence electrons. The number of fused-ring (bicyclic) bond motifs is 1. The molecule has 3 rings (SSSR count). The van der Waals surface area contributed by atoms with E-state index in [1.165, 1.54) is 16.9 Å². The molecule has 0 saturated heterocycles. The van der Waals surface area contributed by atoms with Crippen LogP contribution < -0.4 is 21.7 Å². The first-order valence-corrected chi connectivity index (χ1v) is 10.0. The van der Waals surface area contributed by atoms with E-state index in [-0.39, 0.29) is 23.0 Å². The van der Waals surface area contributed by atoms with Crippen LogP contribution in [0, 0.1) is 13.8 Å². The van der Waals surface area contributed by atoms with Crippen molar-refractivity contribution < 1.29 is 4.79 Å². The van der Waals surface area contributed by atoms with Gasteiger partial charge in [0, 0.05) is 10.6 Å². The molecule has 7 nitrogen and oxygen atoms in total. The van der Waals surface area contributed by atoms with Crippen LogP contribution in [0.15, 0.2) is 29.1 Å². The summed E-state index contributed by atoms with van der Waals surface area (Å²) < 4.78 is 0. The summed E-state index contributed by atoms with van der Waals surface area (Å²) in [6.07, 6.45) is 0.855. The predicted octanol–water partition coefficient (Wildman–Crippen LogP) is 2.72. The van der Waals surface area contributed by atoms with E-state index >= 15 is 0 Å². The summed E-state index contributed by atoms with van der Waals surface area (Å²) in [7, 11) is 0. The van der Waals surface area contributed by atoms with Crippen molar-refractivity contribution in [2.45, 2.75) is 33.6 Å². The molecule has 1 amide bonds. The second-order valence-corrected chi connectivity index (χ2v) is 7.95. The molecule has 9 heteroatoms. The minimum absolute atomic E-state index is 0.0674. The van der Waals surface area contributed by atoms with Crippen molar-refractivity contribution in [1.82, 2.24) is 20.8 Å². The maximum atomic E-state index is 12.3. The third-order valence-electron chi connectivity index (χ3n) is 4.32. The highest BCUT2D eigenvalue weighted by Crippen LogP contribution is 2.25. The average molecular weight is 416 g/mol. The number of anilines is 1.